The van der Waals surface area contributed by atoms with Crippen molar-refractivity contribution < 1.29 is 29.0 Å². The van der Waals surface area contributed by atoms with Crippen molar-refractivity contribution in [3.63, 3.8) is 0 Å². The normalized spacial score (nSPS) is 29.7. The van der Waals surface area contributed by atoms with Crippen molar-refractivity contribution in [2.45, 2.75) is 32.2 Å². The SMILES string of the molecule is COc1cccc(C2C3=CCC4C(=O)N(Cc5ccccc5)C(=O)C4C3CC3C(=O)N(c4ccccc4)C(=O)C32C)c1O. The molecule has 8 heteroatoms. The van der Waals surface area contributed by atoms with Gasteiger partial charge in [-0.25, -0.2) is 4.90 Å². The number of amides is 4. The number of aromatic hydroxyl groups is 1. The summed E-state index contributed by atoms with van der Waals surface area (Å²) in [5.74, 6) is -4.07. The van der Waals surface area contributed by atoms with Crippen LogP contribution in [0.5, 0.6) is 11.5 Å². The summed E-state index contributed by atoms with van der Waals surface area (Å²) in [4.78, 5) is 59.0. The molecular weight excluding hydrogens is 544 g/mol. The first-order valence-corrected chi connectivity index (χ1v) is 14.7. The molecule has 1 N–H and O–H groups in total. The highest BCUT2D eigenvalue weighted by Gasteiger charge is 2.67. The van der Waals surface area contributed by atoms with Gasteiger partial charge in [0.25, 0.3) is 0 Å². The van der Waals surface area contributed by atoms with Gasteiger partial charge in [0.1, 0.15) is 0 Å². The van der Waals surface area contributed by atoms with E-state index in [9.17, 15) is 24.3 Å². The zero-order chi connectivity index (χ0) is 30.0. The van der Waals surface area contributed by atoms with E-state index in [0.29, 0.717) is 17.7 Å². The van der Waals surface area contributed by atoms with Crippen molar-refractivity contribution in [2.24, 2.45) is 29.1 Å². The third-order valence-electron chi connectivity index (χ3n) is 10.1. The van der Waals surface area contributed by atoms with E-state index in [1.165, 1.54) is 16.9 Å². The summed E-state index contributed by atoms with van der Waals surface area (Å²) in [6, 6.07) is 23.4. The molecule has 2 aliphatic heterocycles. The van der Waals surface area contributed by atoms with E-state index in [-0.39, 0.29) is 48.1 Å². The Morgan fingerprint density at radius 3 is 2.26 bits per heavy atom. The second-order valence-corrected chi connectivity index (χ2v) is 12.1. The molecule has 0 aromatic heterocycles. The smallest absolute Gasteiger partial charge is 0.241 e. The van der Waals surface area contributed by atoms with E-state index >= 15 is 0 Å². The Morgan fingerprint density at radius 2 is 1.56 bits per heavy atom. The number of imide groups is 2. The van der Waals surface area contributed by atoms with Gasteiger partial charge in [-0.15, -0.1) is 0 Å². The summed E-state index contributed by atoms with van der Waals surface area (Å²) < 4.78 is 5.43. The van der Waals surface area contributed by atoms with E-state index in [1.54, 1.807) is 49.4 Å². The Morgan fingerprint density at radius 1 is 0.860 bits per heavy atom. The quantitative estimate of drug-likeness (QED) is 0.345. The third-order valence-corrected chi connectivity index (χ3v) is 10.1. The van der Waals surface area contributed by atoms with Crippen molar-refractivity contribution >= 4 is 29.3 Å². The van der Waals surface area contributed by atoms with E-state index in [4.69, 9.17) is 4.74 Å². The Bertz CT molecular complexity index is 1680. The molecular formula is C35H32N2O6. The maximum Gasteiger partial charge on any atom is 0.241 e. The predicted molar refractivity (Wildman–Crippen MR) is 158 cm³/mol. The molecule has 3 aromatic rings. The van der Waals surface area contributed by atoms with Crippen molar-refractivity contribution in [3.05, 3.63) is 102 Å². The molecule has 0 radical (unpaired) electrons. The number of likely N-dealkylation sites (tertiary alicyclic amines) is 1. The van der Waals surface area contributed by atoms with Gasteiger partial charge in [-0.3, -0.25) is 24.1 Å². The maximum absolute atomic E-state index is 14.4. The van der Waals surface area contributed by atoms with Crippen LogP contribution in [0.2, 0.25) is 0 Å². The minimum atomic E-state index is -1.23. The molecule has 2 aliphatic carbocycles. The number of phenols is 1. The summed E-state index contributed by atoms with van der Waals surface area (Å²) in [7, 11) is 1.46. The monoisotopic (exact) mass is 576 g/mol. The lowest BCUT2D eigenvalue weighted by molar-refractivity contribution is -0.141. The first-order chi connectivity index (χ1) is 20.8. The van der Waals surface area contributed by atoms with Crippen LogP contribution in [0, 0.1) is 29.1 Å². The first-order valence-electron chi connectivity index (χ1n) is 14.7. The van der Waals surface area contributed by atoms with Gasteiger partial charge in [0.05, 0.1) is 42.5 Å². The number of carbonyl (C=O) groups is 4. The highest BCUT2D eigenvalue weighted by atomic mass is 16.5. The first kappa shape index (κ1) is 27.1. The van der Waals surface area contributed by atoms with Crippen LogP contribution < -0.4 is 9.64 Å². The molecule has 6 atom stereocenters. The van der Waals surface area contributed by atoms with Crippen molar-refractivity contribution in [1.82, 2.24) is 4.90 Å². The standard InChI is InChI=1S/C35H32N2O6/c1-35-26(32(40)37(34(35)42)21-12-7-4-8-13-21)18-25-22(29(35)24-14-9-15-27(43-2)30(24)38)16-17-23-28(25)33(41)36(31(23)39)19-20-10-5-3-6-11-20/h3-16,23,25-26,28-29,38H,17-19H2,1-2H3. The van der Waals surface area contributed by atoms with Gasteiger partial charge in [0.15, 0.2) is 11.5 Å². The summed E-state index contributed by atoms with van der Waals surface area (Å²) in [5, 5.41) is 11.4. The molecule has 7 rings (SSSR count). The molecule has 1 saturated carbocycles. The molecule has 4 amide bonds. The number of para-hydroxylation sites is 2. The molecule has 0 bridgehead atoms. The second kappa shape index (κ2) is 9.93. The Balaban J connectivity index is 1.36. The van der Waals surface area contributed by atoms with Crippen LogP contribution in [0.3, 0.4) is 0 Å². The Labute approximate surface area is 249 Å². The highest BCUT2D eigenvalue weighted by molar-refractivity contribution is 6.24. The number of methoxy groups -OCH3 is 1. The zero-order valence-electron chi connectivity index (χ0n) is 24.0. The number of hydrogen-bond acceptors (Lipinski definition) is 6. The highest BCUT2D eigenvalue weighted by Crippen LogP contribution is 2.64. The molecule has 0 spiro atoms. The van der Waals surface area contributed by atoms with Crippen LogP contribution in [0.25, 0.3) is 0 Å². The number of rotatable bonds is 5. The minimum absolute atomic E-state index is 0.100. The minimum Gasteiger partial charge on any atom is -0.504 e. The van der Waals surface area contributed by atoms with Gasteiger partial charge in [-0.2, -0.15) is 0 Å². The van der Waals surface area contributed by atoms with E-state index in [1.807, 2.05) is 42.5 Å². The summed E-state index contributed by atoms with van der Waals surface area (Å²) >= 11 is 0. The van der Waals surface area contributed by atoms with Crippen LogP contribution in [-0.2, 0) is 25.7 Å². The molecule has 2 saturated heterocycles. The summed E-state index contributed by atoms with van der Waals surface area (Å²) in [6.07, 6.45) is 2.59. The van der Waals surface area contributed by atoms with E-state index in [2.05, 4.69) is 0 Å². The summed E-state index contributed by atoms with van der Waals surface area (Å²) in [5.41, 5.74) is 1.40. The lowest BCUT2D eigenvalue weighted by Crippen LogP contribution is -2.48. The van der Waals surface area contributed by atoms with E-state index < -0.39 is 35.0 Å². The lowest BCUT2D eigenvalue weighted by atomic mass is 9.51. The van der Waals surface area contributed by atoms with Gasteiger partial charge in [0.2, 0.25) is 23.6 Å². The molecule has 8 nitrogen and oxygen atoms in total. The average Bonchev–Trinajstić information content (AvgIpc) is 3.38. The van der Waals surface area contributed by atoms with Crippen LogP contribution >= 0.6 is 0 Å². The van der Waals surface area contributed by atoms with Gasteiger partial charge < -0.3 is 9.84 Å². The van der Waals surface area contributed by atoms with Gasteiger partial charge in [0, 0.05) is 11.5 Å². The topological polar surface area (TPSA) is 104 Å². The fourth-order valence-electron chi connectivity index (χ4n) is 8.11. The van der Waals surface area contributed by atoms with E-state index in [0.717, 1.165) is 11.1 Å². The van der Waals surface area contributed by atoms with Crippen LogP contribution in [0.4, 0.5) is 5.69 Å². The largest absolute Gasteiger partial charge is 0.504 e. The summed E-state index contributed by atoms with van der Waals surface area (Å²) in [6.45, 7) is 1.99. The third kappa shape index (κ3) is 3.82. The van der Waals surface area contributed by atoms with Gasteiger partial charge in [-0.1, -0.05) is 72.3 Å². The molecule has 6 unspecified atom stereocenters. The van der Waals surface area contributed by atoms with Gasteiger partial charge in [-0.05, 0) is 49.4 Å². The Kier molecular flexibility index (Phi) is 6.27. The zero-order valence-corrected chi connectivity index (χ0v) is 24.0. The number of fused-ring (bicyclic) bond motifs is 4. The van der Waals surface area contributed by atoms with Crippen LogP contribution in [-0.4, -0.2) is 40.7 Å². The average molecular weight is 577 g/mol. The molecule has 2 heterocycles. The van der Waals surface area contributed by atoms with Crippen molar-refractivity contribution in [2.75, 3.05) is 12.0 Å². The number of anilines is 1. The van der Waals surface area contributed by atoms with Crippen molar-refractivity contribution in [1.29, 1.82) is 0 Å². The second-order valence-electron chi connectivity index (χ2n) is 12.1. The molecule has 4 aliphatic rings. The van der Waals surface area contributed by atoms with Crippen molar-refractivity contribution in [3.8, 4) is 11.5 Å². The number of allylic oxidation sites excluding steroid dienone is 2. The number of nitrogens with zero attached hydrogens (tertiary/aromatic N) is 2. The number of ether oxygens (including phenoxy) is 1. The van der Waals surface area contributed by atoms with Crippen LogP contribution in [0.15, 0.2) is 90.5 Å². The Hall–Kier alpha value is -4.72. The number of hydrogen-bond donors (Lipinski definition) is 1. The lowest BCUT2D eigenvalue weighted by Gasteiger charge is -2.49. The molecule has 218 valence electrons. The van der Waals surface area contributed by atoms with Gasteiger partial charge >= 0.3 is 0 Å². The van der Waals surface area contributed by atoms with Crippen LogP contribution in [0.1, 0.15) is 36.8 Å². The number of phenolic OH excluding ortho intramolecular Hbond substituents is 1. The number of benzene rings is 3. The fourth-order valence-corrected chi connectivity index (χ4v) is 8.11. The molecule has 3 aromatic carbocycles. The molecule has 43 heavy (non-hydrogen) atoms. The maximum atomic E-state index is 14.4. The number of carbonyl (C=O) groups excluding carboxylic acids is 4. The predicted octanol–water partition coefficient (Wildman–Crippen LogP) is 4.83. The molecule has 3 fully saturated rings. The fraction of sp³-hybridized carbons (Fsp3) is 0.314.